The van der Waals surface area contributed by atoms with E-state index in [0.29, 0.717) is 19.6 Å². The zero-order valence-electron chi connectivity index (χ0n) is 15.1. The van der Waals surface area contributed by atoms with E-state index in [1.165, 1.54) is 12.1 Å². The van der Waals surface area contributed by atoms with Crippen molar-refractivity contribution in [3.05, 3.63) is 35.6 Å². The van der Waals surface area contributed by atoms with Crippen LogP contribution in [-0.4, -0.2) is 42.5 Å². The average Bonchev–Trinajstić information content (AvgIpc) is 3.15. The Bertz CT molecular complexity index is 614. The highest BCUT2D eigenvalue weighted by Crippen LogP contribution is 2.27. The van der Waals surface area contributed by atoms with Crippen LogP contribution in [0.25, 0.3) is 0 Å². The summed E-state index contributed by atoms with van der Waals surface area (Å²) in [6.45, 7) is 1.37. The summed E-state index contributed by atoms with van der Waals surface area (Å²) < 4.78 is 19.0. The summed E-state index contributed by atoms with van der Waals surface area (Å²) >= 11 is 0. The number of hydrogen-bond acceptors (Lipinski definition) is 3. The lowest BCUT2D eigenvalue weighted by Gasteiger charge is -2.28. The number of nitrogens with zero attached hydrogens (tertiary/aromatic N) is 1. The van der Waals surface area contributed by atoms with Crippen LogP contribution in [0.1, 0.15) is 56.6 Å². The van der Waals surface area contributed by atoms with Crippen LogP contribution in [-0.2, 0) is 14.3 Å². The molecule has 6 heteroatoms. The molecule has 5 nitrogen and oxygen atoms in total. The molecule has 0 saturated carbocycles. The molecule has 142 valence electrons. The molecule has 0 bridgehead atoms. The van der Waals surface area contributed by atoms with Gasteiger partial charge in [0.25, 0.3) is 0 Å². The van der Waals surface area contributed by atoms with Crippen LogP contribution in [0.15, 0.2) is 24.3 Å². The van der Waals surface area contributed by atoms with Gasteiger partial charge in [-0.2, -0.15) is 0 Å². The van der Waals surface area contributed by atoms with E-state index < -0.39 is 0 Å². The van der Waals surface area contributed by atoms with Gasteiger partial charge in [0.1, 0.15) is 5.82 Å². The second-order valence-electron chi connectivity index (χ2n) is 7.13. The Labute approximate surface area is 153 Å². The number of hydrogen-bond donors (Lipinski definition) is 1. The van der Waals surface area contributed by atoms with E-state index >= 15 is 0 Å². The number of likely N-dealkylation sites (tertiary alicyclic amines) is 1. The Balaban J connectivity index is 1.66. The number of halogens is 1. The smallest absolute Gasteiger partial charge is 0.240 e. The van der Waals surface area contributed by atoms with Crippen LogP contribution in [0.4, 0.5) is 4.39 Å². The lowest BCUT2D eigenvalue weighted by Crippen LogP contribution is -2.44. The van der Waals surface area contributed by atoms with Crippen molar-refractivity contribution in [2.75, 3.05) is 19.7 Å². The van der Waals surface area contributed by atoms with Crippen molar-refractivity contribution in [2.24, 2.45) is 0 Å². The third-order valence-corrected chi connectivity index (χ3v) is 5.14. The molecule has 2 fully saturated rings. The van der Waals surface area contributed by atoms with Crippen molar-refractivity contribution in [2.45, 2.75) is 57.1 Å². The van der Waals surface area contributed by atoms with Gasteiger partial charge in [0.2, 0.25) is 11.8 Å². The molecule has 1 aromatic carbocycles. The molecule has 1 aromatic rings. The largest absolute Gasteiger partial charge is 0.376 e. The van der Waals surface area contributed by atoms with Crippen molar-refractivity contribution < 1.29 is 18.7 Å². The lowest BCUT2D eigenvalue weighted by molar-refractivity contribution is -0.137. The standard InChI is InChI=1S/C20H27FN2O3/c21-16-10-8-15(9-11-16)20(17-6-5-13-26-17)22-18(24)14-23-12-4-2-1-3-7-19(23)25/h8-11,17,20H,1-7,12-14H2,(H,22,24)/t17-,20+/m0/s1. The SMILES string of the molecule is O=C(CN1CCCCCCC1=O)N[C@H](c1ccc(F)cc1)[C@@H]1CCCO1. The highest BCUT2D eigenvalue weighted by atomic mass is 19.1. The topological polar surface area (TPSA) is 58.6 Å². The summed E-state index contributed by atoms with van der Waals surface area (Å²) in [5, 5.41) is 3.02. The Kier molecular flexibility index (Phi) is 6.61. The second kappa shape index (κ2) is 9.12. The first-order valence-corrected chi connectivity index (χ1v) is 9.58. The summed E-state index contributed by atoms with van der Waals surface area (Å²) in [6.07, 6.45) is 6.20. The fraction of sp³-hybridized carbons (Fsp3) is 0.600. The first-order chi connectivity index (χ1) is 12.6. The van der Waals surface area contributed by atoms with Crippen LogP contribution in [0.2, 0.25) is 0 Å². The van der Waals surface area contributed by atoms with Gasteiger partial charge in [-0.1, -0.05) is 25.0 Å². The van der Waals surface area contributed by atoms with Crippen LogP contribution in [0.5, 0.6) is 0 Å². The van der Waals surface area contributed by atoms with Gasteiger partial charge in [0, 0.05) is 19.6 Å². The number of carbonyl (C=O) groups excluding carboxylic acids is 2. The quantitative estimate of drug-likeness (QED) is 0.876. The summed E-state index contributed by atoms with van der Waals surface area (Å²) in [6, 6.07) is 5.83. The maximum Gasteiger partial charge on any atom is 0.240 e. The van der Waals surface area contributed by atoms with Crippen LogP contribution < -0.4 is 5.32 Å². The summed E-state index contributed by atoms with van der Waals surface area (Å²) in [7, 11) is 0. The number of rotatable bonds is 5. The van der Waals surface area contributed by atoms with Gasteiger partial charge in [0.05, 0.1) is 18.7 Å². The van der Waals surface area contributed by atoms with Crippen molar-refractivity contribution in [3.63, 3.8) is 0 Å². The molecule has 0 aromatic heterocycles. The van der Waals surface area contributed by atoms with Crippen molar-refractivity contribution in [1.29, 1.82) is 0 Å². The molecular weight excluding hydrogens is 335 g/mol. The van der Waals surface area contributed by atoms with Crippen LogP contribution in [0.3, 0.4) is 0 Å². The van der Waals surface area contributed by atoms with Crippen molar-refractivity contribution in [1.82, 2.24) is 10.2 Å². The van der Waals surface area contributed by atoms with E-state index in [1.54, 1.807) is 17.0 Å². The maximum absolute atomic E-state index is 13.3. The molecule has 2 atom stereocenters. The molecule has 3 rings (SSSR count). The molecule has 2 aliphatic heterocycles. The number of carbonyl (C=O) groups is 2. The molecule has 0 unspecified atom stereocenters. The van der Waals surface area contributed by atoms with Crippen LogP contribution in [0, 0.1) is 5.82 Å². The third kappa shape index (κ3) is 5.04. The third-order valence-electron chi connectivity index (χ3n) is 5.14. The second-order valence-corrected chi connectivity index (χ2v) is 7.13. The highest BCUT2D eigenvalue weighted by molar-refractivity contribution is 5.85. The number of ether oxygens (including phenoxy) is 1. The molecule has 0 spiro atoms. The molecule has 0 aliphatic carbocycles. The Morgan fingerprint density at radius 3 is 2.69 bits per heavy atom. The van der Waals surface area contributed by atoms with Gasteiger partial charge in [0.15, 0.2) is 0 Å². The zero-order valence-corrected chi connectivity index (χ0v) is 15.1. The molecule has 1 N–H and O–H groups in total. The lowest BCUT2D eigenvalue weighted by atomic mass is 9.99. The van der Waals surface area contributed by atoms with E-state index in [0.717, 1.165) is 44.1 Å². The van der Waals surface area contributed by atoms with Gasteiger partial charge >= 0.3 is 0 Å². The van der Waals surface area contributed by atoms with E-state index in [4.69, 9.17) is 4.74 Å². The van der Waals surface area contributed by atoms with Crippen molar-refractivity contribution in [3.8, 4) is 0 Å². The predicted molar refractivity (Wildman–Crippen MR) is 95.9 cm³/mol. The Hall–Kier alpha value is -1.95. The molecule has 0 radical (unpaired) electrons. The number of amides is 2. The Morgan fingerprint density at radius 2 is 1.96 bits per heavy atom. The molecule has 2 amide bonds. The van der Waals surface area contributed by atoms with Crippen LogP contribution >= 0.6 is 0 Å². The van der Waals surface area contributed by atoms with Gasteiger partial charge in [-0.15, -0.1) is 0 Å². The van der Waals surface area contributed by atoms with Gasteiger partial charge in [-0.05, 0) is 43.4 Å². The first kappa shape index (κ1) is 18.8. The predicted octanol–water partition coefficient (Wildman–Crippen LogP) is 2.95. The Morgan fingerprint density at radius 1 is 1.19 bits per heavy atom. The minimum Gasteiger partial charge on any atom is -0.376 e. The minimum absolute atomic E-state index is 0.0512. The van der Waals surface area contributed by atoms with E-state index in [2.05, 4.69) is 5.32 Å². The minimum atomic E-state index is -0.324. The van der Waals surface area contributed by atoms with Gasteiger partial charge < -0.3 is 15.0 Å². The number of benzene rings is 1. The summed E-state index contributed by atoms with van der Waals surface area (Å²) in [5.41, 5.74) is 0.825. The average molecular weight is 362 g/mol. The van der Waals surface area contributed by atoms with Gasteiger partial charge in [-0.3, -0.25) is 9.59 Å². The highest BCUT2D eigenvalue weighted by Gasteiger charge is 2.29. The fourth-order valence-corrected chi connectivity index (χ4v) is 3.70. The van der Waals surface area contributed by atoms with E-state index in [9.17, 15) is 14.0 Å². The molecule has 2 aliphatic rings. The van der Waals surface area contributed by atoms with Gasteiger partial charge in [-0.25, -0.2) is 4.39 Å². The maximum atomic E-state index is 13.3. The molecule has 2 heterocycles. The summed E-state index contributed by atoms with van der Waals surface area (Å²) in [5.74, 6) is -0.448. The molecule has 26 heavy (non-hydrogen) atoms. The zero-order chi connectivity index (χ0) is 18.4. The fourth-order valence-electron chi connectivity index (χ4n) is 3.70. The van der Waals surface area contributed by atoms with Crippen molar-refractivity contribution >= 4 is 11.8 Å². The van der Waals surface area contributed by atoms with E-state index in [-0.39, 0.29) is 36.3 Å². The number of nitrogens with one attached hydrogen (secondary N) is 1. The summed E-state index contributed by atoms with van der Waals surface area (Å²) in [4.78, 5) is 26.5. The monoisotopic (exact) mass is 362 g/mol. The van der Waals surface area contributed by atoms with E-state index in [1.807, 2.05) is 0 Å². The normalized spacial score (nSPS) is 22.6. The molecular formula is C20H27FN2O3. The molecule has 2 saturated heterocycles. The first-order valence-electron chi connectivity index (χ1n) is 9.58.